The van der Waals surface area contributed by atoms with Gasteiger partial charge in [0.15, 0.2) is 0 Å². The van der Waals surface area contributed by atoms with Gasteiger partial charge in [-0.1, -0.05) is 0 Å². The Morgan fingerprint density at radius 2 is 2.33 bits per heavy atom. The Kier molecular flexibility index (Phi) is 3.72. The molecule has 0 aliphatic carbocycles. The monoisotopic (exact) mass is 314 g/mol. The van der Waals surface area contributed by atoms with Crippen molar-refractivity contribution >= 4 is 15.9 Å². The van der Waals surface area contributed by atoms with Crippen molar-refractivity contribution in [2.75, 3.05) is 25.4 Å². The van der Waals surface area contributed by atoms with E-state index in [4.69, 9.17) is 4.84 Å². The number of carbonyl (C=O) groups is 1. The lowest BCUT2D eigenvalue weighted by Gasteiger charge is -2.34. The van der Waals surface area contributed by atoms with E-state index >= 15 is 0 Å². The zero-order chi connectivity index (χ0) is 15.0. The number of imidazole rings is 1. The molecule has 2 aliphatic heterocycles. The van der Waals surface area contributed by atoms with Gasteiger partial charge in [0.1, 0.15) is 6.04 Å². The van der Waals surface area contributed by atoms with Crippen molar-refractivity contribution < 1.29 is 18.0 Å². The number of rotatable bonds is 3. The second-order valence-corrected chi connectivity index (χ2v) is 7.39. The van der Waals surface area contributed by atoms with Gasteiger partial charge in [-0.15, -0.1) is 0 Å². The summed E-state index contributed by atoms with van der Waals surface area (Å²) >= 11 is 0. The zero-order valence-corrected chi connectivity index (χ0v) is 12.6. The van der Waals surface area contributed by atoms with Crippen molar-refractivity contribution in [1.29, 1.82) is 0 Å². The summed E-state index contributed by atoms with van der Waals surface area (Å²) in [7, 11) is -3.35. The van der Waals surface area contributed by atoms with Gasteiger partial charge in [0.25, 0.3) is 5.91 Å². The third-order valence-corrected chi connectivity index (χ3v) is 5.63. The minimum atomic E-state index is -3.35. The van der Waals surface area contributed by atoms with E-state index in [1.165, 1.54) is 9.37 Å². The highest BCUT2D eigenvalue weighted by atomic mass is 32.2. The first-order valence-electron chi connectivity index (χ1n) is 6.95. The molecule has 8 nitrogen and oxygen atoms in total. The lowest BCUT2D eigenvalue weighted by atomic mass is 10.2. The van der Waals surface area contributed by atoms with Gasteiger partial charge >= 0.3 is 0 Å². The van der Waals surface area contributed by atoms with Crippen LogP contribution in [-0.4, -0.2) is 58.7 Å². The van der Waals surface area contributed by atoms with Gasteiger partial charge in [0.05, 0.1) is 37.5 Å². The smallest absolute Gasteiger partial charge is 0.270 e. The van der Waals surface area contributed by atoms with Gasteiger partial charge < -0.3 is 4.57 Å². The van der Waals surface area contributed by atoms with Crippen LogP contribution in [0.1, 0.15) is 25.1 Å². The molecular formula is C12H18N4O4S. The standard InChI is InChI=1S/C12H18N4O4S/c1-2-21(18,19)14-7-10-6-13-9-15(10)11(8-14)12(17)16-4-3-5-20-16/h6,9,11H,2-5,7-8H2,1H3/t11-/m0/s1. The number of aromatic nitrogens is 2. The maximum Gasteiger partial charge on any atom is 0.270 e. The van der Waals surface area contributed by atoms with Crippen LogP contribution in [0.3, 0.4) is 0 Å². The molecular weight excluding hydrogens is 296 g/mol. The van der Waals surface area contributed by atoms with E-state index in [1.54, 1.807) is 24.0 Å². The van der Waals surface area contributed by atoms with Crippen LogP contribution in [0.5, 0.6) is 0 Å². The molecule has 9 heteroatoms. The van der Waals surface area contributed by atoms with Crippen molar-refractivity contribution in [2.24, 2.45) is 0 Å². The molecule has 0 N–H and O–H groups in total. The molecule has 1 aromatic heterocycles. The fourth-order valence-corrected chi connectivity index (χ4v) is 3.70. The highest BCUT2D eigenvalue weighted by molar-refractivity contribution is 7.89. The predicted octanol–water partition coefficient (Wildman–Crippen LogP) is -0.247. The first kappa shape index (κ1) is 14.5. The normalized spacial score (nSPS) is 23.3. The van der Waals surface area contributed by atoms with Gasteiger partial charge in [-0.25, -0.2) is 18.5 Å². The predicted molar refractivity (Wildman–Crippen MR) is 73.4 cm³/mol. The molecule has 1 fully saturated rings. The Morgan fingerprint density at radius 1 is 1.52 bits per heavy atom. The number of hydrogen-bond acceptors (Lipinski definition) is 5. The molecule has 1 atom stereocenters. The van der Waals surface area contributed by atoms with Crippen LogP contribution in [0, 0.1) is 0 Å². The Labute approximate surface area is 123 Å². The molecule has 21 heavy (non-hydrogen) atoms. The second kappa shape index (κ2) is 5.39. The van der Waals surface area contributed by atoms with Crippen LogP contribution in [0.15, 0.2) is 12.5 Å². The van der Waals surface area contributed by atoms with Crippen LogP contribution in [0.4, 0.5) is 0 Å². The minimum Gasteiger partial charge on any atom is -0.319 e. The SMILES string of the molecule is CCS(=O)(=O)N1Cc2cncn2[C@H](C(=O)N2CCCO2)C1. The zero-order valence-electron chi connectivity index (χ0n) is 11.8. The summed E-state index contributed by atoms with van der Waals surface area (Å²) in [5, 5.41) is 1.33. The quantitative estimate of drug-likeness (QED) is 0.768. The van der Waals surface area contributed by atoms with E-state index in [0.717, 1.165) is 12.1 Å². The Balaban J connectivity index is 1.90. The molecule has 0 unspecified atom stereocenters. The number of fused-ring (bicyclic) bond motifs is 1. The topological polar surface area (TPSA) is 84.7 Å². The molecule has 0 saturated carbocycles. The lowest BCUT2D eigenvalue weighted by molar-refractivity contribution is -0.173. The molecule has 3 heterocycles. The van der Waals surface area contributed by atoms with E-state index in [-0.39, 0.29) is 24.7 Å². The summed E-state index contributed by atoms with van der Waals surface area (Å²) in [5.41, 5.74) is 0.718. The second-order valence-electron chi connectivity index (χ2n) is 5.13. The van der Waals surface area contributed by atoms with E-state index in [9.17, 15) is 13.2 Å². The van der Waals surface area contributed by atoms with Gasteiger partial charge in [-0.05, 0) is 13.3 Å². The molecule has 2 aliphatic rings. The third-order valence-electron chi connectivity index (χ3n) is 3.84. The van der Waals surface area contributed by atoms with E-state index in [0.29, 0.717) is 13.2 Å². The average molecular weight is 314 g/mol. The highest BCUT2D eigenvalue weighted by Gasteiger charge is 2.38. The Bertz CT molecular complexity index is 635. The number of carbonyl (C=O) groups excluding carboxylic acids is 1. The van der Waals surface area contributed by atoms with Crippen LogP contribution in [-0.2, 0) is 26.2 Å². The minimum absolute atomic E-state index is 0.0161. The van der Waals surface area contributed by atoms with Crippen molar-refractivity contribution in [3.05, 3.63) is 18.2 Å². The molecule has 0 aromatic carbocycles. The molecule has 0 radical (unpaired) electrons. The summed E-state index contributed by atoms with van der Waals surface area (Å²) < 4.78 is 27.3. The number of hydroxylamine groups is 2. The number of hydrogen-bond donors (Lipinski definition) is 0. The summed E-state index contributed by atoms with van der Waals surface area (Å²) in [5.74, 6) is -0.204. The van der Waals surface area contributed by atoms with Crippen molar-refractivity contribution in [2.45, 2.75) is 25.9 Å². The van der Waals surface area contributed by atoms with Crippen LogP contribution in [0.25, 0.3) is 0 Å². The molecule has 1 saturated heterocycles. The summed E-state index contributed by atoms with van der Waals surface area (Å²) in [6.45, 7) is 3.03. The van der Waals surface area contributed by atoms with E-state index < -0.39 is 16.1 Å². The van der Waals surface area contributed by atoms with Gasteiger partial charge in [-0.3, -0.25) is 9.63 Å². The maximum absolute atomic E-state index is 12.6. The fourth-order valence-electron chi connectivity index (χ4n) is 2.64. The number of nitrogens with zero attached hydrogens (tertiary/aromatic N) is 4. The van der Waals surface area contributed by atoms with Gasteiger partial charge in [0.2, 0.25) is 10.0 Å². The van der Waals surface area contributed by atoms with Crippen LogP contribution < -0.4 is 0 Å². The number of sulfonamides is 1. The van der Waals surface area contributed by atoms with E-state index in [2.05, 4.69) is 4.98 Å². The average Bonchev–Trinajstić information content (AvgIpc) is 3.16. The van der Waals surface area contributed by atoms with E-state index in [1.807, 2.05) is 0 Å². The molecule has 0 bridgehead atoms. The third kappa shape index (κ3) is 2.56. The summed E-state index contributed by atoms with van der Waals surface area (Å²) in [6.07, 6.45) is 3.97. The summed E-state index contributed by atoms with van der Waals surface area (Å²) in [4.78, 5) is 21.9. The first-order chi connectivity index (χ1) is 10.0. The lowest BCUT2D eigenvalue weighted by Crippen LogP contribution is -2.47. The van der Waals surface area contributed by atoms with Gasteiger partial charge in [-0.2, -0.15) is 4.31 Å². The molecule has 3 rings (SSSR count). The van der Waals surface area contributed by atoms with Crippen molar-refractivity contribution in [3.63, 3.8) is 0 Å². The first-order valence-corrected chi connectivity index (χ1v) is 8.56. The molecule has 116 valence electrons. The largest absolute Gasteiger partial charge is 0.319 e. The molecule has 0 spiro atoms. The van der Waals surface area contributed by atoms with Crippen LogP contribution >= 0.6 is 0 Å². The Morgan fingerprint density at radius 3 is 3.00 bits per heavy atom. The van der Waals surface area contributed by atoms with Crippen LogP contribution in [0.2, 0.25) is 0 Å². The molecule has 1 aromatic rings. The summed E-state index contributed by atoms with van der Waals surface area (Å²) in [6, 6.07) is -0.615. The van der Waals surface area contributed by atoms with Gasteiger partial charge in [0, 0.05) is 12.7 Å². The fraction of sp³-hybridized carbons (Fsp3) is 0.667. The number of amides is 1. The Hall–Kier alpha value is -1.45. The maximum atomic E-state index is 12.6. The van der Waals surface area contributed by atoms with Crippen molar-refractivity contribution in [3.8, 4) is 0 Å². The highest BCUT2D eigenvalue weighted by Crippen LogP contribution is 2.26. The molecule has 1 amide bonds. The van der Waals surface area contributed by atoms with Crippen molar-refractivity contribution in [1.82, 2.24) is 18.9 Å².